The molecule has 0 spiro atoms. The maximum atomic E-state index is 11.9. The molecule has 2 unspecified atom stereocenters. The number of carbonyl (C=O) groups excluding carboxylic acids is 2. The van der Waals surface area contributed by atoms with Crippen molar-refractivity contribution in [2.24, 2.45) is 23.2 Å². The van der Waals surface area contributed by atoms with Gasteiger partial charge in [0.1, 0.15) is 0 Å². The largest absolute Gasteiger partial charge is 0.595 e. The van der Waals surface area contributed by atoms with Crippen LogP contribution in [0.15, 0.2) is 0 Å². The fraction of sp³-hybridized carbons (Fsp3) is 0.867. The Kier molecular flexibility index (Phi) is 3.55. The van der Waals surface area contributed by atoms with Crippen LogP contribution in [0.2, 0.25) is 6.82 Å². The van der Waals surface area contributed by atoms with E-state index in [4.69, 9.17) is 9.31 Å². The average molecular weight is 293 g/mol. The summed E-state index contributed by atoms with van der Waals surface area (Å²) in [6, 6.07) is 0.273. The first-order valence-electron chi connectivity index (χ1n) is 7.92. The third-order valence-corrected chi connectivity index (χ3v) is 6.04. The van der Waals surface area contributed by atoms with Gasteiger partial charge in [-0.05, 0) is 42.8 Å². The highest BCUT2D eigenvalue weighted by Crippen LogP contribution is 2.61. The Balaban J connectivity index is 1.74. The van der Waals surface area contributed by atoms with Gasteiger partial charge < -0.3 is 9.31 Å². The van der Waals surface area contributed by atoms with Crippen LogP contribution in [-0.4, -0.2) is 43.1 Å². The Morgan fingerprint density at radius 2 is 1.71 bits per heavy atom. The van der Waals surface area contributed by atoms with Crippen molar-refractivity contribution in [2.45, 2.75) is 46.5 Å². The lowest BCUT2D eigenvalue weighted by Crippen LogP contribution is -2.62. The minimum Gasteiger partial charge on any atom is -0.498 e. The molecule has 1 aliphatic heterocycles. The highest BCUT2D eigenvalue weighted by molar-refractivity contribution is 6.47. The second-order valence-electron chi connectivity index (χ2n) is 7.47. The van der Waals surface area contributed by atoms with Crippen LogP contribution >= 0.6 is 0 Å². The van der Waals surface area contributed by atoms with E-state index < -0.39 is 7.12 Å². The van der Waals surface area contributed by atoms with Crippen molar-refractivity contribution in [1.82, 2.24) is 4.90 Å². The predicted octanol–water partition coefficient (Wildman–Crippen LogP) is 1.58. The van der Waals surface area contributed by atoms with E-state index in [1.165, 1.54) is 6.42 Å². The molecule has 116 valence electrons. The van der Waals surface area contributed by atoms with E-state index in [0.29, 0.717) is 23.2 Å². The molecule has 1 saturated heterocycles. The molecule has 3 saturated carbocycles. The van der Waals surface area contributed by atoms with Crippen LogP contribution in [0.3, 0.4) is 0 Å². The molecule has 0 N–H and O–H groups in total. The first-order chi connectivity index (χ1) is 9.79. The molecule has 0 amide bonds. The number of hydrogen-bond donors (Lipinski definition) is 0. The van der Waals surface area contributed by atoms with Crippen molar-refractivity contribution in [2.75, 3.05) is 13.1 Å². The van der Waals surface area contributed by atoms with Crippen molar-refractivity contribution < 1.29 is 18.9 Å². The summed E-state index contributed by atoms with van der Waals surface area (Å²) in [5.74, 6) is 1.25. The normalized spacial score (nSPS) is 39.7. The first-order valence-corrected chi connectivity index (χ1v) is 7.92. The molecule has 3 aliphatic carbocycles. The van der Waals surface area contributed by atoms with Crippen LogP contribution in [0, 0.1) is 23.2 Å². The van der Waals surface area contributed by atoms with Gasteiger partial charge in [0.2, 0.25) is 0 Å². The minimum atomic E-state index is -0.775. The summed E-state index contributed by atoms with van der Waals surface area (Å²) in [6.07, 6.45) is 2.34. The molecule has 6 heteroatoms. The second kappa shape index (κ2) is 5.01. The van der Waals surface area contributed by atoms with Crippen molar-refractivity contribution in [1.29, 1.82) is 0 Å². The lowest BCUT2D eigenvalue weighted by Gasteiger charge is -2.63. The van der Waals surface area contributed by atoms with Gasteiger partial charge in [0.15, 0.2) is 0 Å². The van der Waals surface area contributed by atoms with E-state index in [0.717, 1.165) is 6.42 Å². The Hall–Kier alpha value is -1.04. The highest BCUT2D eigenvalue weighted by atomic mass is 16.6. The summed E-state index contributed by atoms with van der Waals surface area (Å²) in [7, 11) is -0.775. The van der Waals surface area contributed by atoms with Gasteiger partial charge in [0.25, 0.3) is 0 Å². The molecular weight excluding hydrogens is 269 g/mol. The molecule has 2 bridgehead atoms. The lowest BCUT2D eigenvalue weighted by molar-refractivity contribution is -0.160. The minimum absolute atomic E-state index is 0.189. The smallest absolute Gasteiger partial charge is 0.498 e. The van der Waals surface area contributed by atoms with E-state index in [1.807, 2.05) is 4.90 Å². The first kappa shape index (κ1) is 14.9. The van der Waals surface area contributed by atoms with Gasteiger partial charge in [-0.1, -0.05) is 20.8 Å². The molecule has 4 aliphatic rings. The molecule has 4 rings (SSSR count). The summed E-state index contributed by atoms with van der Waals surface area (Å²) >= 11 is 0. The number of fused-ring (bicyclic) bond motifs is 2. The van der Waals surface area contributed by atoms with Crippen LogP contribution in [-0.2, 0) is 18.9 Å². The Morgan fingerprint density at radius 3 is 2.19 bits per heavy atom. The number of hydrogen-bond acceptors (Lipinski definition) is 5. The number of nitrogens with zero attached hydrogens (tertiary/aromatic N) is 1. The number of carbonyl (C=O) groups is 2. The Labute approximate surface area is 126 Å². The molecule has 1 heterocycles. The zero-order valence-electron chi connectivity index (χ0n) is 13.3. The Bertz CT molecular complexity index is 447. The molecule has 4 fully saturated rings. The van der Waals surface area contributed by atoms with Gasteiger partial charge in [0, 0.05) is 6.04 Å². The van der Waals surface area contributed by atoms with E-state index in [1.54, 1.807) is 6.82 Å². The SMILES string of the molecule is CB1OC(=O)CN([C@H]2CC3CC([C@@H]2C)C3(C)C)CC(=O)O1. The standard InChI is InChI=1S/C15H24BNO4/c1-9-11-5-10(15(11,2)3)6-12(9)17-7-13(18)20-16(4)21-14(19)8-17/h9-12H,5-8H2,1-4H3/t9-,10?,11?,12-/m0/s1. The summed E-state index contributed by atoms with van der Waals surface area (Å²) in [5, 5.41) is 0. The fourth-order valence-electron chi connectivity index (χ4n) is 4.70. The zero-order chi connectivity index (χ0) is 15.4. The van der Waals surface area contributed by atoms with Gasteiger partial charge in [0.05, 0.1) is 13.1 Å². The Morgan fingerprint density at radius 1 is 1.14 bits per heavy atom. The third kappa shape index (κ3) is 2.47. The lowest BCUT2D eigenvalue weighted by atomic mass is 9.44. The van der Waals surface area contributed by atoms with Crippen LogP contribution in [0.1, 0.15) is 33.6 Å². The summed E-state index contributed by atoms with van der Waals surface area (Å²) in [6.45, 7) is 8.89. The topological polar surface area (TPSA) is 55.8 Å². The quantitative estimate of drug-likeness (QED) is 0.687. The van der Waals surface area contributed by atoms with Crippen LogP contribution in [0.4, 0.5) is 0 Å². The highest BCUT2D eigenvalue weighted by Gasteiger charge is 2.57. The third-order valence-electron chi connectivity index (χ3n) is 6.04. The monoisotopic (exact) mass is 293 g/mol. The van der Waals surface area contributed by atoms with Crippen LogP contribution in [0.5, 0.6) is 0 Å². The van der Waals surface area contributed by atoms with E-state index in [2.05, 4.69) is 20.8 Å². The molecule has 0 aromatic carbocycles. The van der Waals surface area contributed by atoms with Crippen molar-refractivity contribution in [3.8, 4) is 0 Å². The number of rotatable bonds is 1. The van der Waals surface area contributed by atoms with E-state index in [-0.39, 0.29) is 31.1 Å². The zero-order valence-corrected chi connectivity index (χ0v) is 13.3. The van der Waals surface area contributed by atoms with Gasteiger partial charge in [-0.15, -0.1) is 0 Å². The van der Waals surface area contributed by atoms with Crippen LogP contribution in [0.25, 0.3) is 0 Å². The van der Waals surface area contributed by atoms with Crippen molar-refractivity contribution in [3.63, 3.8) is 0 Å². The molecular formula is C15H24BNO4. The van der Waals surface area contributed by atoms with Gasteiger partial charge >= 0.3 is 19.1 Å². The second-order valence-corrected chi connectivity index (χ2v) is 7.47. The molecule has 0 radical (unpaired) electrons. The van der Waals surface area contributed by atoms with E-state index >= 15 is 0 Å². The van der Waals surface area contributed by atoms with Crippen LogP contribution < -0.4 is 0 Å². The summed E-state index contributed by atoms with van der Waals surface area (Å²) in [5.41, 5.74) is 0.397. The average Bonchev–Trinajstić information content (AvgIpc) is 2.35. The summed E-state index contributed by atoms with van der Waals surface area (Å²) < 4.78 is 10.1. The van der Waals surface area contributed by atoms with Crippen molar-refractivity contribution in [3.05, 3.63) is 0 Å². The van der Waals surface area contributed by atoms with Gasteiger partial charge in [-0.3, -0.25) is 14.5 Å². The fourth-order valence-corrected chi connectivity index (χ4v) is 4.70. The molecule has 0 aromatic heterocycles. The van der Waals surface area contributed by atoms with Gasteiger partial charge in [-0.2, -0.15) is 0 Å². The maximum Gasteiger partial charge on any atom is 0.595 e. The van der Waals surface area contributed by atoms with E-state index in [9.17, 15) is 9.59 Å². The molecule has 21 heavy (non-hydrogen) atoms. The molecule has 4 atom stereocenters. The summed E-state index contributed by atoms with van der Waals surface area (Å²) in [4.78, 5) is 25.7. The maximum absolute atomic E-state index is 11.9. The van der Waals surface area contributed by atoms with Crippen molar-refractivity contribution >= 4 is 19.1 Å². The molecule has 0 aromatic rings. The predicted molar refractivity (Wildman–Crippen MR) is 78.3 cm³/mol. The molecule has 5 nitrogen and oxygen atoms in total. The van der Waals surface area contributed by atoms with Gasteiger partial charge in [-0.25, -0.2) is 0 Å².